The van der Waals surface area contributed by atoms with Crippen molar-refractivity contribution in [2.24, 2.45) is 0 Å². The zero-order valence-corrected chi connectivity index (χ0v) is 17.3. The second kappa shape index (κ2) is 8.90. The van der Waals surface area contributed by atoms with Gasteiger partial charge >= 0.3 is 0 Å². The third kappa shape index (κ3) is 5.01. The third-order valence-corrected chi connectivity index (χ3v) is 5.00. The van der Waals surface area contributed by atoms with Crippen molar-refractivity contribution < 1.29 is 14.3 Å². The molecule has 3 aromatic rings. The Hall–Kier alpha value is -2.54. The fraction of sp³-hybridized carbons (Fsp3) is 0.136. The Morgan fingerprint density at radius 3 is 2.44 bits per heavy atom. The topological polar surface area (TPSA) is 47.6 Å². The molecular formula is C22H20INO3. The zero-order chi connectivity index (χ0) is 19.2. The molecule has 0 bridgehead atoms. The number of rotatable bonds is 6. The van der Waals surface area contributed by atoms with E-state index in [1.807, 2.05) is 55.5 Å². The molecule has 138 valence electrons. The fourth-order valence-corrected chi connectivity index (χ4v) is 3.05. The highest BCUT2D eigenvalue weighted by Gasteiger charge is 2.12. The monoisotopic (exact) mass is 473 g/mol. The number of benzene rings is 3. The van der Waals surface area contributed by atoms with Gasteiger partial charge in [0.25, 0.3) is 5.91 Å². The minimum Gasteiger partial charge on any atom is -0.493 e. The number of halogens is 1. The van der Waals surface area contributed by atoms with Crippen LogP contribution in [0.25, 0.3) is 0 Å². The van der Waals surface area contributed by atoms with Crippen molar-refractivity contribution >= 4 is 34.2 Å². The van der Waals surface area contributed by atoms with Gasteiger partial charge in [-0.25, -0.2) is 0 Å². The first-order valence-electron chi connectivity index (χ1n) is 8.49. The summed E-state index contributed by atoms with van der Waals surface area (Å²) in [6.07, 6.45) is 0. The summed E-state index contributed by atoms with van der Waals surface area (Å²) < 4.78 is 12.3. The summed E-state index contributed by atoms with van der Waals surface area (Å²) in [5.74, 6) is 0.934. The number of amides is 1. The summed E-state index contributed by atoms with van der Waals surface area (Å²) in [5, 5.41) is 2.92. The van der Waals surface area contributed by atoms with E-state index in [0.717, 1.165) is 14.8 Å². The number of carbonyl (C=O) groups is 1. The van der Waals surface area contributed by atoms with Crippen LogP contribution in [0.4, 0.5) is 5.69 Å². The van der Waals surface area contributed by atoms with Crippen molar-refractivity contribution in [3.63, 3.8) is 0 Å². The SMILES string of the molecule is COc1cc(C(=O)Nc2ccccc2I)ccc1OCc1ccc(C)cc1. The van der Waals surface area contributed by atoms with Crippen LogP contribution in [-0.4, -0.2) is 13.0 Å². The molecule has 0 spiro atoms. The summed E-state index contributed by atoms with van der Waals surface area (Å²) in [7, 11) is 1.57. The van der Waals surface area contributed by atoms with Gasteiger partial charge in [0, 0.05) is 9.13 Å². The van der Waals surface area contributed by atoms with Crippen LogP contribution in [0.1, 0.15) is 21.5 Å². The molecule has 0 aliphatic carbocycles. The Labute approximate surface area is 172 Å². The maximum Gasteiger partial charge on any atom is 0.255 e. The highest BCUT2D eigenvalue weighted by atomic mass is 127. The van der Waals surface area contributed by atoms with Gasteiger partial charge in [-0.15, -0.1) is 0 Å². The molecule has 0 saturated heterocycles. The number of anilines is 1. The van der Waals surface area contributed by atoms with E-state index in [4.69, 9.17) is 9.47 Å². The molecule has 0 atom stereocenters. The van der Waals surface area contributed by atoms with E-state index in [0.29, 0.717) is 23.7 Å². The van der Waals surface area contributed by atoms with Crippen LogP contribution in [0.15, 0.2) is 66.7 Å². The molecular weight excluding hydrogens is 453 g/mol. The lowest BCUT2D eigenvalue weighted by Gasteiger charge is -2.13. The largest absolute Gasteiger partial charge is 0.493 e. The lowest BCUT2D eigenvalue weighted by molar-refractivity contribution is 0.102. The highest BCUT2D eigenvalue weighted by molar-refractivity contribution is 14.1. The Morgan fingerprint density at radius 2 is 1.74 bits per heavy atom. The molecule has 4 nitrogen and oxygen atoms in total. The van der Waals surface area contributed by atoms with Gasteiger partial charge in [0.2, 0.25) is 0 Å². The summed E-state index contributed by atoms with van der Waals surface area (Å²) in [5.41, 5.74) is 3.57. The number of ether oxygens (including phenoxy) is 2. The molecule has 0 unspecified atom stereocenters. The smallest absolute Gasteiger partial charge is 0.255 e. The first kappa shape index (κ1) is 19.2. The van der Waals surface area contributed by atoms with Crippen LogP contribution >= 0.6 is 22.6 Å². The van der Waals surface area contributed by atoms with Crippen LogP contribution < -0.4 is 14.8 Å². The van der Waals surface area contributed by atoms with Crippen molar-refractivity contribution in [2.45, 2.75) is 13.5 Å². The van der Waals surface area contributed by atoms with Crippen LogP contribution in [0.5, 0.6) is 11.5 Å². The molecule has 0 fully saturated rings. The molecule has 1 N–H and O–H groups in total. The van der Waals surface area contributed by atoms with Gasteiger partial charge in [0.1, 0.15) is 6.61 Å². The molecule has 0 aliphatic heterocycles. The Kier molecular flexibility index (Phi) is 6.34. The Bertz CT molecular complexity index is 939. The van der Waals surface area contributed by atoms with E-state index in [1.54, 1.807) is 25.3 Å². The van der Waals surface area contributed by atoms with Crippen LogP contribution in [0.2, 0.25) is 0 Å². The van der Waals surface area contributed by atoms with Crippen molar-refractivity contribution in [1.82, 2.24) is 0 Å². The number of carbonyl (C=O) groups excluding carboxylic acids is 1. The average Bonchev–Trinajstić information content (AvgIpc) is 2.69. The first-order chi connectivity index (χ1) is 13.1. The van der Waals surface area contributed by atoms with Gasteiger partial charge < -0.3 is 14.8 Å². The molecule has 27 heavy (non-hydrogen) atoms. The van der Waals surface area contributed by atoms with E-state index in [9.17, 15) is 4.79 Å². The summed E-state index contributed by atoms with van der Waals surface area (Å²) in [4.78, 5) is 12.5. The lowest BCUT2D eigenvalue weighted by Crippen LogP contribution is -2.13. The van der Waals surface area contributed by atoms with Crippen molar-refractivity contribution in [3.05, 3.63) is 87.0 Å². The van der Waals surface area contributed by atoms with Gasteiger partial charge in [-0.1, -0.05) is 42.0 Å². The molecule has 0 saturated carbocycles. The van der Waals surface area contributed by atoms with Crippen LogP contribution in [-0.2, 0) is 6.61 Å². The molecule has 0 heterocycles. The van der Waals surface area contributed by atoms with Crippen LogP contribution in [0.3, 0.4) is 0 Å². The minimum atomic E-state index is -0.192. The van der Waals surface area contributed by atoms with Gasteiger partial charge in [0.05, 0.1) is 12.8 Å². The molecule has 3 rings (SSSR count). The predicted octanol–water partition coefficient (Wildman–Crippen LogP) is 5.44. The van der Waals surface area contributed by atoms with Gasteiger partial charge in [-0.2, -0.15) is 0 Å². The number of hydrogen-bond donors (Lipinski definition) is 1. The van der Waals surface area contributed by atoms with E-state index in [2.05, 4.69) is 27.9 Å². The van der Waals surface area contributed by atoms with E-state index < -0.39 is 0 Å². The van der Waals surface area contributed by atoms with E-state index in [-0.39, 0.29) is 5.91 Å². The average molecular weight is 473 g/mol. The minimum absolute atomic E-state index is 0.192. The quantitative estimate of drug-likeness (QED) is 0.486. The molecule has 1 amide bonds. The predicted molar refractivity (Wildman–Crippen MR) is 116 cm³/mol. The molecule has 0 aromatic heterocycles. The number of nitrogens with one attached hydrogen (secondary N) is 1. The third-order valence-electron chi connectivity index (χ3n) is 4.06. The lowest BCUT2D eigenvalue weighted by atomic mass is 10.1. The van der Waals surface area contributed by atoms with Gasteiger partial charge in [-0.3, -0.25) is 4.79 Å². The summed E-state index contributed by atoms with van der Waals surface area (Å²) >= 11 is 2.19. The molecule has 0 radical (unpaired) electrons. The summed E-state index contributed by atoms with van der Waals surface area (Å²) in [6.45, 7) is 2.48. The van der Waals surface area contributed by atoms with E-state index in [1.165, 1.54) is 5.56 Å². The number of hydrogen-bond acceptors (Lipinski definition) is 3. The molecule has 0 aliphatic rings. The van der Waals surface area contributed by atoms with E-state index >= 15 is 0 Å². The van der Waals surface area contributed by atoms with Gasteiger partial charge in [0.15, 0.2) is 11.5 Å². The van der Waals surface area contributed by atoms with Crippen LogP contribution in [0, 0.1) is 10.5 Å². The van der Waals surface area contributed by atoms with Crippen molar-refractivity contribution in [1.29, 1.82) is 0 Å². The van der Waals surface area contributed by atoms with Crippen molar-refractivity contribution in [3.8, 4) is 11.5 Å². The Balaban J connectivity index is 1.72. The standard InChI is InChI=1S/C22H20INO3/c1-15-7-9-16(10-8-15)14-27-20-12-11-17(13-21(20)26-2)22(25)24-19-6-4-3-5-18(19)23/h3-13H,14H2,1-2H3,(H,24,25). The normalized spacial score (nSPS) is 10.3. The number of methoxy groups -OCH3 is 1. The zero-order valence-electron chi connectivity index (χ0n) is 15.2. The number of aryl methyl sites for hydroxylation is 1. The highest BCUT2D eigenvalue weighted by Crippen LogP contribution is 2.29. The summed E-state index contributed by atoms with van der Waals surface area (Å²) in [6, 6.07) is 21.0. The molecule has 3 aromatic carbocycles. The van der Waals surface area contributed by atoms with Crippen molar-refractivity contribution in [2.75, 3.05) is 12.4 Å². The maximum absolute atomic E-state index is 12.5. The fourth-order valence-electron chi connectivity index (χ4n) is 2.53. The Morgan fingerprint density at radius 1 is 1.00 bits per heavy atom. The first-order valence-corrected chi connectivity index (χ1v) is 9.57. The maximum atomic E-state index is 12.5. The molecule has 5 heteroatoms. The number of para-hydroxylation sites is 1. The second-order valence-corrected chi connectivity index (χ2v) is 7.24. The van der Waals surface area contributed by atoms with Gasteiger partial charge in [-0.05, 0) is 65.4 Å². The second-order valence-electron chi connectivity index (χ2n) is 6.07.